The van der Waals surface area contributed by atoms with Gasteiger partial charge in [0.05, 0.1) is 6.61 Å². The van der Waals surface area contributed by atoms with Crippen LogP contribution in [-0.4, -0.2) is 41.8 Å². The minimum absolute atomic E-state index is 0.125. The van der Waals surface area contributed by atoms with E-state index in [4.69, 9.17) is 5.73 Å². The first-order valence-electron chi connectivity index (χ1n) is 6.83. The molecule has 2 unspecified atom stereocenters. The second-order valence-electron chi connectivity index (χ2n) is 5.14. The Labute approximate surface area is 100 Å². The fourth-order valence-electron chi connectivity index (χ4n) is 2.36. The summed E-state index contributed by atoms with van der Waals surface area (Å²) >= 11 is 0. The van der Waals surface area contributed by atoms with Crippen molar-refractivity contribution in [2.24, 2.45) is 11.7 Å². The zero-order chi connectivity index (χ0) is 12.0. The molecule has 3 nitrogen and oxygen atoms in total. The monoisotopic (exact) mass is 228 g/mol. The normalized spacial score (nSPS) is 20.1. The van der Waals surface area contributed by atoms with E-state index in [1.807, 2.05) is 0 Å². The van der Waals surface area contributed by atoms with Crippen molar-refractivity contribution in [1.82, 2.24) is 4.90 Å². The van der Waals surface area contributed by atoms with Gasteiger partial charge in [-0.25, -0.2) is 0 Å². The van der Waals surface area contributed by atoms with Crippen LogP contribution < -0.4 is 5.73 Å². The Morgan fingerprint density at radius 2 is 2.00 bits per heavy atom. The number of hydrogen-bond donors (Lipinski definition) is 2. The van der Waals surface area contributed by atoms with E-state index in [1.54, 1.807) is 0 Å². The molecule has 1 fully saturated rings. The molecule has 0 aromatic rings. The molecule has 0 bridgehead atoms. The Morgan fingerprint density at radius 3 is 2.44 bits per heavy atom. The summed E-state index contributed by atoms with van der Waals surface area (Å²) in [7, 11) is 0. The molecule has 0 aliphatic heterocycles. The van der Waals surface area contributed by atoms with Crippen LogP contribution in [0.3, 0.4) is 0 Å². The van der Waals surface area contributed by atoms with Crippen molar-refractivity contribution in [2.45, 2.75) is 58.0 Å². The number of nitrogens with zero attached hydrogens (tertiary/aromatic N) is 1. The molecular formula is C13H28N2O. The summed E-state index contributed by atoms with van der Waals surface area (Å²) in [6, 6.07) is 0.292. The van der Waals surface area contributed by atoms with Gasteiger partial charge >= 0.3 is 0 Å². The summed E-state index contributed by atoms with van der Waals surface area (Å²) in [4.78, 5) is 2.41. The van der Waals surface area contributed by atoms with Crippen LogP contribution in [0.5, 0.6) is 0 Å². The Morgan fingerprint density at radius 1 is 1.31 bits per heavy atom. The molecule has 1 saturated carbocycles. The molecule has 1 aliphatic rings. The molecule has 16 heavy (non-hydrogen) atoms. The molecule has 96 valence electrons. The maximum atomic E-state index is 9.53. The molecular weight excluding hydrogens is 200 g/mol. The quantitative estimate of drug-likeness (QED) is 0.630. The molecule has 1 aliphatic carbocycles. The van der Waals surface area contributed by atoms with Crippen LogP contribution in [0.2, 0.25) is 0 Å². The average Bonchev–Trinajstić information content (AvgIpc) is 3.03. The number of rotatable bonds is 9. The molecule has 0 radical (unpaired) electrons. The Hall–Kier alpha value is -0.120. The van der Waals surface area contributed by atoms with Gasteiger partial charge in [0, 0.05) is 18.6 Å². The van der Waals surface area contributed by atoms with Crippen molar-refractivity contribution in [3.8, 4) is 0 Å². The standard InChI is InChI=1S/C13H28N2O/c1-3-5-12(14)13(10-16)15(8-4-2)9-11-6-7-11/h11-13,16H,3-10,14H2,1-2H3. The Balaban J connectivity index is 2.48. The van der Waals surface area contributed by atoms with Crippen LogP contribution >= 0.6 is 0 Å². The second-order valence-corrected chi connectivity index (χ2v) is 5.14. The molecule has 0 aromatic heterocycles. The summed E-state index contributed by atoms with van der Waals surface area (Å²) in [6.07, 6.45) is 5.97. The van der Waals surface area contributed by atoms with Crippen molar-refractivity contribution in [1.29, 1.82) is 0 Å². The van der Waals surface area contributed by atoms with Crippen molar-refractivity contribution in [3.63, 3.8) is 0 Å². The third-order valence-corrected chi connectivity index (χ3v) is 3.47. The highest BCUT2D eigenvalue weighted by Crippen LogP contribution is 2.30. The van der Waals surface area contributed by atoms with Gasteiger partial charge in [-0.05, 0) is 38.1 Å². The molecule has 0 saturated heterocycles. The van der Waals surface area contributed by atoms with Crippen LogP contribution in [0.25, 0.3) is 0 Å². The third-order valence-electron chi connectivity index (χ3n) is 3.47. The molecule has 0 heterocycles. The van der Waals surface area contributed by atoms with Crippen molar-refractivity contribution in [2.75, 3.05) is 19.7 Å². The zero-order valence-corrected chi connectivity index (χ0v) is 10.9. The smallest absolute Gasteiger partial charge is 0.0601 e. The molecule has 2 atom stereocenters. The van der Waals surface area contributed by atoms with E-state index in [1.165, 1.54) is 12.8 Å². The van der Waals surface area contributed by atoms with Gasteiger partial charge in [0.25, 0.3) is 0 Å². The number of nitrogens with two attached hydrogens (primary N) is 1. The lowest BCUT2D eigenvalue weighted by Crippen LogP contribution is -2.51. The van der Waals surface area contributed by atoms with E-state index in [0.717, 1.165) is 38.3 Å². The highest BCUT2D eigenvalue weighted by molar-refractivity contribution is 4.85. The summed E-state index contributed by atoms with van der Waals surface area (Å²) in [6.45, 7) is 6.75. The first-order valence-corrected chi connectivity index (χ1v) is 6.83. The van der Waals surface area contributed by atoms with Gasteiger partial charge in [-0.15, -0.1) is 0 Å². The third kappa shape index (κ3) is 4.40. The SMILES string of the molecule is CCCC(N)C(CO)N(CCC)CC1CC1. The fourth-order valence-corrected chi connectivity index (χ4v) is 2.36. The number of aliphatic hydroxyl groups is 1. The lowest BCUT2D eigenvalue weighted by atomic mass is 10.0. The second kappa shape index (κ2) is 7.25. The summed E-state index contributed by atoms with van der Waals surface area (Å²) < 4.78 is 0. The molecule has 1 rings (SSSR count). The van der Waals surface area contributed by atoms with E-state index in [9.17, 15) is 5.11 Å². The van der Waals surface area contributed by atoms with Crippen molar-refractivity contribution in [3.05, 3.63) is 0 Å². The van der Waals surface area contributed by atoms with E-state index in [0.29, 0.717) is 0 Å². The maximum Gasteiger partial charge on any atom is 0.0601 e. The van der Waals surface area contributed by atoms with Crippen LogP contribution in [0.1, 0.15) is 46.0 Å². The number of hydrogen-bond acceptors (Lipinski definition) is 3. The Kier molecular flexibility index (Phi) is 6.32. The van der Waals surface area contributed by atoms with Crippen molar-refractivity contribution < 1.29 is 5.11 Å². The Bertz CT molecular complexity index is 183. The lowest BCUT2D eigenvalue weighted by Gasteiger charge is -2.34. The molecule has 0 spiro atoms. The largest absolute Gasteiger partial charge is 0.395 e. The van der Waals surface area contributed by atoms with Crippen molar-refractivity contribution >= 4 is 0 Å². The van der Waals surface area contributed by atoms with Gasteiger partial charge in [0.1, 0.15) is 0 Å². The highest BCUT2D eigenvalue weighted by atomic mass is 16.3. The average molecular weight is 228 g/mol. The fraction of sp³-hybridized carbons (Fsp3) is 1.00. The minimum atomic E-state index is 0.125. The predicted molar refractivity (Wildman–Crippen MR) is 68.3 cm³/mol. The zero-order valence-electron chi connectivity index (χ0n) is 10.9. The van der Waals surface area contributed by atoms with Crippen LogP contribution in [0, 0.1) is 5.92 Å². The predicted octanol–water partition coefficient (Wildman–Crippen LogP) is 1.60. The number of aliphatic hydroxyl groups excluding tert-OH is 1. The summed E-state index contributed by atoms with van der Waals surface area (Å²) in [5.41, 5.74) is 6.16. The summed E-state index contributed by atoms with van der Waals surface area (Å²) in [5.74, 6) is 0.870. The highest BCUT2D eigenvalue weighted by Gasteiger charge is 2.29. The van der Waals surface area contributed by atoms with Crippen LogP contribution in [0.15, 0.2) is 0 Å². The van der Waals surface area contributed by atoms with Crippen LogP contribution in [0.4, 0.5) is 0 Å². The topological polar surface area (TPSA) is 49.5 Å². The molecule has 3 heteroatoms. The lowest BCUT2D eigenvalue weighted by molar-refractivity contribution is 0.0968. The van der Waals surface area contributed by atoms with Gasteiger partial charge in [0.15, 0.2) is 0 Å². The van der Waals surface area contributed by atoms with Gasteiger partial charge in [-0.2, -0.15) is 0 Å². The first kappa shape index (κ1) is 13.9. The van der Waals surface area contributed by atoms with E-state index in [-0.39, 0.29) is 18.7 Å². The van der Waals surface area contributed by atoms with Gasteiger partial charge in [-0.1, -0.05) is 20.3 Å². The summed E-state index contributed by atoms with van der Waals surface area (Å²) in [5, 5.41) is 9.53. The first-order chi connectivity index (χ1) is 7.72. The van der Waals surface area contributed by atoms with E-state index in [2.05, 4.69) is 18.7 Å². The minimum Gasteiger partial charge on any atom is -0.395 e. The molecule has 3 N–H and O–H groups in total. The molecule has 0 amide bonds. The van der Waals surface area contributed by atoms with Gasteiger partial charge < -0.3 is 10.8 Å². The van der Waals surface area contributed by atoms with E-state index >= 15 is 0 Å². The van der Waals surface area contributed by atoms with Gasteiger partial charge in [-0.3, -0.25) is 4.90 Å². The maximum absolute atomic E-state index is 9.53. The van der Waals surface area contributed by atoms with Gasteiger partial charge in [0.2, 0.25) is 0 Å². The van der Waals surface area contributed by atoms with E-state index < -0.39 is 0 Å². The van der Waals surface area contributed by atoms with Crippen LogP contribution in [-0.2, 0) is 0 Å². The molecule has 0 aromatic carbocycles.